The molecule has 2 aromatic carbocycles. The monoisotopic (exact) mass is 357 g/mol. The second kappa shape index (κ2) is 7.03. The molecule has 3 aromatic rings. The molecule has 6 heteroatoms. The van der Waals surface area contributed by atoms with Crippen molar-refractivity contribution in [3.8, 4) is 5.69 Å². The first-order valence-corrected chi connectivity index (χ1v) is 8.27. The van der Waals surface area contributed by atoms with E-state index in [1.165, 1.54) is 0 Å². The van der Waals surface area contributed by atoms with Crippen molar-refractivity contribution in [1.29, 1.82) is 0 Å². The summed E-state index contributed by atoms with van der Waals surface area (Å²) in [6, 6.07) is 16.8. The van der Waals surface area contributed by atoms with Crippen LogP contribution in [0.4, 0.5) is 0 Å². The number of aromatic amines is 1. The van der Waals surface area contributed by atoms with Gasteiger partial charge >= 0.3 is 0 Å². The summed E-state index contributed by atoms with van der Waals surface area (Å²) < 4.78 is 2.20. The Kier molecular flexibility index (Phi) is 4.83. The fourth-order valence-corrected chi connectivity index (χ4v) is 2.86. The molecule has 2 N–H and O–H groups in total. The quantitative estimate of drug-likeness (QED) is 0.666. The van der Waals surface area contributed by atoms with Crippen LogP contribution < -0.4 is 5.32 Å². The van der Waals surface area contributed by atoms with E-state index >= 15 is 0 Å². The van der Waals surface area contributed by atoms with Crippen molar-refractivity contribution < 1.29 is 4.79 Å². The number of imidazole rings is 1. The van der Waals surface area contributed by atoms with Crippen LogP contribution in [-0.2, 0) is 0 Å². The third kappa shape index (κ3) is 3.42. The van der Waals surface area contributed by atoms with Gasteiger partial charge in [0.2, 0.25) is 0 Å². The summed E-state index contributed by atoms with van der Waals surface area (Å²) in [6.45, 7) is 1.93. The average Bonchev–Trinajstić information content (AvgIpc) is 2.98. The largest absolute Gasteiger partial charge is 0.344 e. The molecule has 1 aromatic heterocycles. The second-order valence-corrected chi connectivity index (χ2v) is 6.22. The van der Waals surface area contributed by atoms with Crippen molar-refractivity contribution in [3.63, 3.8) is 0 Å². The molecule has 0 saturated heterocycles. The summed E-state index contributed by atoms with van der Waals surface area (Å²) >= 11 is 11.2. The van der Waals surface area contributed by atoms with Crippen molar-refractivity contribution in [2.24, 2.45) is 0 Å². The number of H-pyrrole nitrogens is 1. The van der Waals surface area contributed by atoms with Crippen LogP contribution in [0.3, 0.4) is 0 Å². The van der Waals surface area contributed by atoms with Gasteiger partial charge in [0.1, 0.15) is 5.69 Å². The van der Waals surface area contributed by atoms with E-state index in [2.05, 4.69) is 10.3 Å². The van der Waals surface area contributed by atoms with E-state index in [1.54, 1.807) is 22.9 Å². The van der Waals surface area contributed by atoms with E-state index in [0.29, 0.717) is 15.5 Å². The summed E-state index contributed by atoms with van der Waals surface area (Å²) in [5.41, 5.74) is 2.29. The molecular formula is C18H16ClN3OS. The van der Waals surface area contributed by atoms with Crippen LogP contribution in [0.25, 0.3) is 5.69 Å². The van der Waals surface area contributed by atoms with E-state index in [-0.39, 0.29) is 11.9 Å². The van der Waals surface area contributed by atoms with Gasteiger partial charge in [-0.1, -0.05) is 41.9 Å². The molecule has 1 unspecified atom stereocenters. The summed E-state index contributed by atoms with van der Waals surface area (Å²) in [5.74, 6) is -0.200. The van der Waals surface area contributed by atoms with Gasteiger partial charge in [0.25, 0.3) is 5.91 Å². The van der Waals surface area contributed by atoms with Gasteiger partial charge in [0.05, 0.1) is 6.04 Å². The van der Waals surface area contributed by atoms with Gasteiger partial charge in [0.15, 0.2) is 4.77 Å². The van der Waals surface area contributed by atoms with Crippen LogP contribution in [-0.4, -0.2) is 15.5 Å². The summed E-state index contributed by atoms with van der Waals surface area (Å²) in [6.07, 6.45) is 1.62. The van der Waals surface area contributed by atoms with Crippen molar-refractivity contribution >= 4 is 29.7 Å². The highest BCUT2D eigenvalue weighted by molar-refractivity contribution is 7.71. The number of rotatable bonds is 4. The zero-order chi connectivity index (χ0) is 17.1. The first-order valence-electron chi connectivity index (χ1n) is 7.48. The van der Waals surface area contributed by atoms with Gasteiger partial charge < -0.3 is 10.3 Å². The highest BCUT2D eigenvalue weighted by atomic mass is 35.5. The molecule has 4 nitrogen and oxygen atoms in total. The molecule has 0 saturated carbocycles. The topological polar surface area (TPSA) is 49.8 Å². The van der Waals surface area contributed by atoms with Gasteiger partial charge in [-0.2, -0.15) is 0 Å². The Morgan fingerprint density at radius 3 is 2.50 bits per heavy atom. The van der Waals surface area contributed by atoms with Crippen molar-refractivity contribution in [1.82, 2.24) is 14.9 Å². The molecule has 24 heavy (non-hydrogen) atoms. The average molecular weight is 358 g/mol. The first-order chi connectivity index (χ1) is 11.6. The third-order valence-corrected chi connectivity index (χ3v) is 4.29. The Hall–Kier alpha value is -2.37. The minimum absolute atomic E-state index is 0.150. The molecule has 3 rings (SSSR count). The molecule has 0 fully saturated rings. The van der Waals surface area contributed by atoms with Crippen molar-refractivity contribution in [2.45, 2.75) is 13.0 Å². The summed E-state index contributed by atoms with van der Waals surface area (Å²) in [4.78, 5) is 15.6. The highest BCUT2D eigenvalue weighted by Crippen LogP contribution is 2.18. The minimum atomic E-state index is -0.200. The molecule has 0 aliphatic rings. The van der Waals surface area contributed by atoms with E-state index in [9.17, 15) is 4.79 Å². The number of carbonyl (C=O) groups excluding carboxylic acids is 1. The van der Waals surface area contributed by atoms with Crippen LogP contribution in [0.5, 0.6) is 0 Å². The van der Waals surface area contributed by atoms with Gasteiger partial charge in [-0.05, 0) is 49.0 Å². The normalized spacial score (nSPS) is 11.9. The summed E-state index contributed by atoms with van der Waals surface area (Å²) in [7, 11) is 0. The maximum absolute atomic E-state index is 12.7. The summed E-state index contributed by atoms with van der Waals surface area (Å²) in [5, 5.41) is 3.65. The van der Waals surface area contributed by atoms with E-state index < -0.39 is 0 Å². The van der Waals surface area contributed by atoms with Gasteiger partial charge in [-0.25, -0.2) is 0 Å². The lowest BCUT2D eigenvalue weighted by atomic mass is 10.1. The fraction of sp³-hybridized carbons (Fsp3) is 0.111. The van der Waals surface area contributed by atoms with Gasteiger partial charge in [0, 0.05) is 16.9 Å². The molecular weight excluding hydrogens is 342 g/mol. The molecule has 1 amide bonds. The lowest BCUT2D eigenvalue weighted by molar-refractivity contribution is 0.0933. The Labute approximate surface area is 150 Å². The number of para-hydroxylation sites is 1. The number of carbonyl (C=O) groups is 1. The first kappa shape index (κ1) is 16.5. The van der Waals surface area contributed by atoms with Crippen LogP contribution >= 0.6 is 23.8 Å². The van der Waals surface area contributed by atoms with E-state index in [0.717, 1.165) is 11.3 Å². The lowest BCUT2D eigenvalue weighted by Gasteiger charge is -2.15. The maximum atomic E-state index is 12.7. The van der Waals surface area contributed by atoms with Gasteiger partial charge in [-0.15, -0.1) is 0 Å². The van der Waals surface area contributed by atoms with Crippen LogP contribution in [0.15, 0.2) is 60.8 Å². The van der Waals surface area contributed by atoms with Crippen LogP contribution in [0.1, 0.15) is 29.0 Å². The maximum Gasteiger partial charge on any atom is 0.270 e. The minimum Gasteiger partial charge on any atom is -0.344 e. The Morgan fingerprint density at radius 2 is 1.83 bits per heavy atom. The molecule has 0 aliphatic heterocycles. The molecule has 0 bridgehead atoms. The molecule has 1 atom stereocenters. The predicted octanol–water partition coefficient (Wildman–Crippen LogP) is 4.68. The molecule has 1 heterocycles. The number of hydrogen-bond acceptors (Lipinski definition) is 2. The zero-order valence-corrected chi connectivity index (χ0v) is 14.6. The predicted molar refractivity (Wildman–Crippen MR) is 98.3 cm³/mol. The highest BCUT2D eigenvalue weighted by Gasteiger charge is 2.17. The standard InChI is InChI=1S/C18H16ClN3OS/c1-12(13-7-9-14(19)10-8-13)21-17(23)16-11-20-18(24)22(16)15-5-3-2-4-6-15/h2-12H,1H3,(H,20,24)(H,21,23). The fourth-order valence-electron chi connectivity index (χ4n) is 2.47. The number of benzene rings is 2. The Morgan fingerprint density at radius 1 is 1.17 bits per heavy atom. The van der Waals surface area contributed by atoms with Crippen molar-refractivity contribution in [3.05, 3.63) is 81.8 Å². The lowest BCUT2D eigenvalue weighted by Crippen LogP contribution is -2.28. The number of hydrogen-bond donors (Lipinski definition) is 2. The number of halogens is 1. The number of amides is 1. The molecule has 0 radical (unpaired) electrons. The number of nitrogens with zero attached hydrogens (tertiary/aromatic N) is 1. The zero-order valence-electron chi connectivity index (χ0n) is 13.0. The second-order valence-electron chi connectivity index (χ2n) is 5.40. The molecule has 122 valence electrons. The smallest absolute Gasteiger partial charge is 0.270 e. The van der Waals surface area contributed by atoms with Crippen molar-refractivity contribution in [2.75, 3.05) is 0 Å². The SMILES string of the molecule is CC(NC(=O)c1c[nH]c(=S)n1-c1ccccc1)c1ccc(Cl)cc1. The van der Waals surface area contributed by atoms with E-state index in [1.807, 2.05) is 49.4 Å². The molecule has 0 aliphatic carbocycles. The Balaban J connectivity index is 1.86. The van der Waals surface area contributed by atoms with Crippen LogP contribution in [0.2, 0.25) is 5.02 Å². The van der Waals surface area contributed by atoms with Gasteiger partial charge in [-0.3, -0.25) is 9.36 Å². The number of nitrogens with one attached hydrogen (secondary N) is 2. The van der Waals surface area contributed by atoms with Crippen LogP contribution in [0, 0.1) is 4.77 Å². The Bertz CT molecular complexity index is 900. The third-order valence-electron chi connectivity index (χ3n) is 3.74. The van der Waals surface area contributed by atoms with E-state index in [4.69, 9.17) is 23.8 Å². The number of aromatic nitrogens is 2. The molecule has 0 spiro atoms.